The predicted octanol–water partition coefficient (Wildman–Crippen LogP) is 4.22. The van der Waals surface area contributed by atoms with Crippen LogP contribution < -0.4 is 10.6 Å². The Kier molecular flexibility index (Phi) is 4.40. The highest BCUT2D eigenvalue weighted by Gasteiger charge is 2.25. The number of hydrogen-bond donors (Lipinski definition) is 2. The zero-order valence-electron chi connectivity index (χ0n) is 14.8. The minimum absolute atomic E-state index is 0.114. The third kappa shape index (κ3) is 2.86. The third-order valence-corrected chi connectivity index (χ3v) is 6.07. The summed E-state index contributed by atoms with van der Waals surface area (Å²) in [4.78, 5) is 18.3. The maximum atomic E-state index is 13.8. The maximum absolute atomic E-state index is 13.8. The Morgan fingerprint density at radius 3 is 2.81 bits per heavy atom. The Hall–Kier alpha value is -2.41. The van der Waals surface area contributed by atoms with Gasteiger partial charge in [-0.1, -0.05) is 36.3 Å². The third-order valence-electron chi connectivity index (χ3n) is 4.93. The zero-order chi connectivity index (χ0) is 18.3. The van der Waals surface area contributed by atoms with Gasteiger partial charge >= 0.3 is 0 Å². The number of anilines is 1. The summed E-state index contributed by atoms with van der Waals surface area (Å²) < 4.78 is 15.8. The summed E-state index contributed by atoms with van der Waals surface area (Å²) in [6.45, 7) is 1.92. The zero-order valence-corrected chi connectivity index (χ0v) is 15.6. The van der Waals surface area contributed by atoms with Crippen LogP contribution in [0, 0.1) is 12.7 Å². The molecular formula is C19H21FN4OS. The van der Waals surface area contributed by atoms with E-state index in [1.165, 1.54) is 36.3 Å². The second kappa shape index (κ2) is 6.72. The van der Waals surface area contributed by atoms with E-state index in [-0.39, 0.29) is 11.7 Å². The number of aryl methyl sites for hydroxylation is 1. The van der Waals surface area contributed by atoms with Crippen LogP contribution in [0.4, 0.5) is 10.2 Å². The summed E-state index contributed by atoms with van der Waals surface area (Å²) in [6, 6.07) is 6.87. The number of benzene rings is 1. The molecule has 1 aliphatic rings. The number of carbonyl (C=O) groups is 1. The molecule has 1 saturated carbocycles. The Balaban J connectivity index is 1.89. The topological polar surface area (TPSA) is 58.4 Å². The maximum Gasteiger partial charge on any atom is 0.263 e. The van der Waals surface area contributed by atoms with Crippen molar-refractivity contribution in [2.45, 2.75) is 38.6 Å². The van der Waals surface area contributed by atoms with Crippen molar-refractivity contribution < 1.29 is 9.18 Å². The van der Waals surface area contributed by atoms with Gasteiger partial charge in [-0.05, 0) is 31.9 Å². The molecule has 2 aromatic heterocycles. The van der Waals surface area contributed by atoms with E-state index in [4.69, 9.17) is 4.98 Å². The predicted molar refractivity (Wildman–Crippen MR) is 102 cm³/mol. The van der Waals surface area contributed by atoms with E-state index < -0.39 is 0 Å². The normalized spacial score (nSPS) is 14.9. The van der Waals surface area contributed by atoms with E-state index in [2.05, 4.69) is 10.6 Å². The number of fused-ring (bicyclic) bond motifs is 1. The fourth-order valence-electron chi connectivity index (χ4n) is 3.60. The summed E-state index contributed by atoms with van der Waals surface area (Å²) in [5.74, 6) is 0.451. The summed E-state index contributed by atoms with van der Waals surface area (Å²) in [5.41, 5.74) is 2.32. The first-order chi connectivity index (χ1) is 12.6. The molecule has 1 aliphatic carbocycles. The lowest BCUT2D eigenvalue weighted by atomic mass is 10.1. The van der Waals surface area contributed by atoms with Crippen LogP contribution in [0.25, 0.3) is 16.2 Å². The number of halogens is 1. The second-order valence-electron chi connectivity index (χ2n) is 6.66. The van der Waals surface area contributed by atoms with Crippen molar-refractivity contribution in [3.05, 3.63) is 40.7 Å². The van der Waals surface area contributed by atoms with Crippen LogP contribution in [-0.2, 0) is 0 Å². The van der Waals surface area contributed by atoms with Crippen molar-refractivity contribution in [1.29, 1.82) is 0 Å². The fraction of sp³-hybridized carbons (Fsp3) is 0.368. The van der Waals surface area contributed by atoms with E-state index in [9.17, 15) is 9.18 Å². The van der Waals surface area contributed by atoms with Gasteiger partial charge in [0.25, 0.3) is 5.91 Å². The van der Waals surface area contributed by atoms with Crippen LogP contribution in [0.3, 0.4) is 0 Å². The quantitative estimate of drug-likeness (QED) is 0.721. The van der Waals surface area contributed by atoms with Crippen LogP contribution >= 0.6 is 11.3 Å². The van der Waals surface area contributed by atoms with Crippen molar-refractivity contribution in [2.24, 2.45) is 0 Å². The van der Waals surface area contributed by atoms with Gasteiger partial charge in [-0.2, -0.15) is 0 Å². The molecule has 2 N–H and O–H groups in total. The van der Waals surface area contributed by atoms with Crippen molar-refractivity contribution in [3.63, 3.8) is 0 Å². The van der Waals surface area contributed by atoms with Gasteiger partial charge in [0, 0.05) is 24.3 Å². The number of carbonyl (C=O) groups excluding carboxylic acids is 1. The van der Waals surface area contributed by atoms with E-state index in [1.54, 1.807) is 13.1 Å². The molecule has 0 saturated heterocycles. The van der Waals surface area contributed by atoms with Crippen molar-refractivity contribution in [2.75, 3.05) is 12.4 Å². The Labute approximate surface area is 155 Å². The van der Waals surface area contributed by atoms with Crippen LogP contribution in [-0.4, -0.2) is 28.4 Å². The molecule has 136 valence electrons. The van der Waals surface area contributed by atoms with Gasteiger partial charge in [-0.15, -0.1) is 0 Å². The summed E-state index contributed by atoms with van der Waals surface area (Å²) >= 11 is 1.35. The SMILES string of the molecule is CNC(=O)c1sc2nc(-c3cccc(F)c3)c(NC3CCCC3)n2c1C. The first-order valence-electron chi connectivity index (χ1n) is 8.85. The van der Waals surface area contributed by atoms with Crippen LogP contribution in [0.15, 0.2) is 24.3 Å². The standard InChI is InChI=1S/C19H21FN4OS/c1-11-16(18(25)21-2)26-19-23-15(12-6-5-7-13(20)10-12)17(24(11)19)22-14-8-3-4-9-14/h5-7,10,14,22H,3-4,8-9H2,1-2H3,(H,21,25). The molecule has 0 aliphatic heterocycles. The molecule has 1 fully saturated rings. The van der Waals surface area contributed by atoms with Crippen molar-refractivity contribution in [1.82, 2.24) is 14.7 Å². The minimum Gasteiger partial charge on any atom is -0.367 e. The fourth-order valence-corrected chi connectivity index (χ4v) is 4.68. The first kappa shape index (κ1) is 17.0. The molecule has 1 amide bonds. The first-order valence-corrected chi connectivity index (χ1v) is 9.66. The van der Waals surface area contributed by atoms with E-state index in [0.29, 0.717) is 10.9 Å². The highest BCUT2D eigenvalue weighted by Crippen LogP contribution is 2.36. The Morgan fingerprint density at radius 2 is 2.12 bits per heavy atom. The number of nitrogens with one attached hydrogen (secondary N) is 2. The molecule has 2 heterocycles. The monoisotopic (exact) mass is 372 g/mol. The van der Waals surface area contributed by atoms with E-state index in [0.717, 1.165) is 40.6 Å². The highest BCUT2D eigenvalue weighted by molar-refractivity contribution is 7.19. The highest BCUT2D eigenvalue weighted by atomic mass is 32.1. The minimum atomic E-state index is -0.284. The van der Waals surface area contributed by atoms with Gasteiger partial charge in [0.2, 0.25) is 0 Å². The molecule has 3 aromatic rings. The van der Waals surface area contributed by atoms with Crippen LogP contribution in [0.2, 0.25) is 0 Å². The summed E-state index contributed by atoms with van der Waals surface area (Å²) in [7, 11) is 1.63. The number of hydrogen-bond acceptors (Lipinski definition) is 4. The van der Waals surface area contributed by atoms with E-state index >= 15 is 0 Å². The molecular weight excluding hydrogens is 351 g/mol. The van der Waals surface area contributed by atoms with Gasteiger partial charge in [0.15, 0.2) is 4.96 Å². The molecule has 0 radical (unpaired) electrons. The van der Waals surface area contributed by atoms with Gasteiger partial charge in [0.1, 0.15) is 22.2 Å². The lowest BCUT2D eigenvalue weighted by molar-refractivity contribution is 0.0966. The molecule has 26 heavy (non-hydrogen) atoms. The van der Waals surface area contributed by atoms with Crippen LogP contribution in [0.1, 0.15) is 41.0 Å². The molecule has 7 heteroatoms. The largest absolute Gasteiger partial charge is 0.367 e. The Morgan fingerprint density at radius 1 is 1.35 bits per heavy atom. The van der Waals surface area contributed by atoms with Crippen LogP contribution in [0.5, 0.6) is 0 Å². The molecule has 0 bridgehead atoms. The number of aromatic nitrogens is 2. The van der Waals surface area contributed by atoms with Crippen molar-refractivity contribution >= 4 is 28.0 Å². The number of imidazole rings is 1. The van der Waals surface area contributed by atoms with Gasteiger partial charge in [-0.3, -0.25) is 9.20 Å². The molecule has 0 spiro atoms. The molecule has 4 rings (SSSR count). The average molecular weight is 372 g/mol. The Bertz CT molecular complexity index is 971. The molecule has 0 unspecified atom stereocenters. The lowest BCUT2D eigenvalue weighted by Gasteiger charge is -2.15. The lowest BCUT2D eigenvalue weighted by Crippen LogP contribution is -2.19. The summed E-state index contributed by atoms with van der Waals surface area (Å²) in [6.07, 6.45) is 4.64. The molecule has 1 aromatic carbocycles. The van der Waals surface area contributed by atoms with E-state index in [1.807, 2.05) is 17.4 Å². The number of thiazole rings is 1. The van der Waals surface area contributed by atoms with Gasteiger partial charge in [0.05, 0.1) is 0 Å². The summed E-state index contributed by atoms with van der Waals surface area (Å²) in [5, 5.41) is 6.29. The smallest absolute Gasteiger partial charge is 0.263 e. The number of amides is 1. The molecule has 0 atom stereocenters. The van der Waals surface area contributed by atoms with Crippen molar-refractivity contribution in [3.8, 4) is 11.3 Å². The second-order valence-corrected chi connectivity index (χ2v) is 7.64. The van der Waals surface area contributed by atoms with Gasteiger partial charge < -0.3 is 10.6 Å². The van der Waals surface area contributed by atoms with Gasteiger partial charge in [-0.25, -0.2) is 9.37 Å². The number of nitrogens with zero attached hydrogens (tertiary/aromatic N) is 2. The average Bonchev–Trinajstić information content (AvgIpc) is 3.33. The number of rotatable bonds is 4. The molecule has 5 nitrogen and oxygen atoms in total.